The third kappa shape index (κ3) is 3.81. The second-order valence-corrected chi connectivity index (χ2v) is 3.77. The summed E-state index contributed by atoms with van der Waals surface area (Å²) in [7, 11) is 2.18. The number of hydrogen-bond donors (Lipinski definition) is 0. The second-order valence-electron chi connectivity index (χ2n) is 2.48. The number of piperidine rings is 1. The smallest absolute Gasteiger partial charge is 1.00 e. The predicted octanol–water partition coefficient (Wildman–Crippen LogP) is 1.32. The zero-order valence-corrected chi connectivity index (χ0v) is 8.94. The predicted molar refractivity (Wildman–Crippen MR) is 47.4 cm³/mol. The molecule has 0 bridgehead atoms. The fourth-order valence-electron chi connectivity index (χ4n) is 0.977. The minimum atomic E-state index is 0. The Labute approximate surface area is 84.4 Å². The molecular weight excluding hydrogens is 190 g/mol. The van der Waals surface area contributed by atoms with Gasteiger partial charge in [-0.25, -0.2) is 0 Å². The van der Waals surface area contributed by atoms with Crippen LogP contribution in [0.2, 0.25) is 0 Å². The van der Waals surface area contributed by atoms with Crippen molar-refractivity contribution in [3.05, 3.63) is 0 Å². The van der Waals surface area contributed by atoms with Crippen LogP contribution >= 0.6 is 15.9 Å². The Bertz CT molecular complexity index is 69.0. The quantitative estimate of drug-likeness (QED) is 0.425. The van der Waals surface area contributed by atoms with Gasteiger partial charge in [-0.1, -0.05) is 15.9 Å². The third-order valence-electron chi connectivity index (χ3n) is 1.65. The minimum Gasteiger partial charge on any atom is -1.00 e. The van der Waals surface area contributed by atoms with E-state index in [0.29, 0.717) is 0 Å². The molecule has 0 saturated carbocycles. The Morgan fingerprint density at radius 3 is 2.22 bits per heavy atom. The van der Waals surface area contributed by atoms with Crippen molar-refractivity contribution in [1.82, 2.24) is 4.90 Å². The second kappa shape index (κ2) is 4.94. The summed E-state index contributed by atoms with van der Waals surface area (Å²) < 4.78 is 0. The third-order valence-corrected chi connectivity index (χ3v) is 2.56. The molecule has 0 N–H and O–H groups in total. The topological polar surface area (TPSA) is 3.24 Å². The maximum atomic E-state index is 3.59. The Morgan fingerprint density at radius 1 is 1.44 bits per heavy atom. The molecule has 0 aliphatic carbocycles. The Morgan fingerprint density at radius 2 is 1.89 bits per heavy atom. The molecule has 1 aliphatic rings. The van der Waals surface area contributed by atoms with E-state index in [0.717, 1.165) is 4.83 Å². The van der Waals surface area contributed by atoms with Crippen molar-refractivity contribution < 1.29 is 2.85 Å². The molecule has 0 spiro atoms. The van der Waals surface area contributed by atoms with E-state index in [4.69, 9.17) is 0 Å². The molecule has 0 atom stereocenters. The van der Waals surface area contributed by atoms with Gasteiger partial charge in [0.25, 0.3) is 0 Å². The van der Waals surface area contributed by atoms with Crippen LogP contribution in [0.4, 0.5) is 0 Å². The fraction of sp³-hybridized carbons (Fsp3) is 1.00. The largest absolute Gasteiger partial charge is 2.00 e. The molecule has 9 heavy (non-hydrogen) atoms. The molecule has 1 fully saturated rings. The minimum absolute atomic E-state index is 0. The molecule has 1 rings (SSSR count). The fourth-order valence-corrected chi connectivity index (χ4v) is 1.39. The standard InChI is InChI=1S/C6H12BrN.Mg.2H/c1-8-4-2-6(7)3-5-8;;;/h6H,2-5H2,1H3;;;/q;+2;2*-1. The molecule has 3 heteroatoms. The van der Waals surface area contributed by atoms with Crippen LogP contribution < -0.4 is 0 Å². The molecule has 52 valence electrons. The molecule has 1 aliphatic heterocycles. The van der Waals surface area contributed by atoms with Crippen LogP contribution in [-0.4, -0.2) is 52.9 Å². The molecular formula is C6H14BrMgN. The van der Waals surface area contributed by atoms with Gasteiger partial charge in [-0.05, 0) is 33.0 Å². The molecule has 1 heterocycles. The van der Waals surface area contributed by atoms with Gasteiger partial charge < -0.3 is 7.75 Å². The van der Waals surface area contributed by atoms with Crippen LogP contribution in [-0.2, 0) is 0 Å². The molecule has 0 unspecified atom stereocenters. The maximum absolute atomic E-state index is 3.59. The van der Waals surface area contributed by atoms with Crippen LogP contribution in [0, 0.1) is 0 Å². The summed E-state index contributed by atoms with van der Waals surface area (Å²) in [6.07, 6.45) is 2.63. The number of hydrogen-bond acceptors (Lipinski definition) is 1. The van der Waals surface area contributed by atoms with Gasteiger partial charge in [-0.3, -0.25) is 0 Å². The van der Waals surface area contributed by atoms with Crippen LogP contribution in [0.3, 0.4) is 0 Å². The van der Waals surface area contributed by atoms with Crippen LogP contribution in [0.1, 0.15) is 15.7 Å². The molecule has 1 saturated heterocycles. The normalized spacial score (nSPS) is 23.3. The molecule has 0 aromatic heterocycles. The summed E-state index contributed by atoms with van der Waals surface area (Å²) in [5.41, 5.74) is 0. The molecule has 0 aromatic rings. The van der Waals surface area contributed by atoms with Gasteiger partial charge in [0.05, 0.1) is 0 Å². The van der Waals surface area contributed by atoms with Gasteiger partial charge in [0.15, 0.2) is 0 Å². The van der Waals surface area contributed by atoms with Gasteiger partial charge in [0.1, 0.15) is 0 Å². The Hall–Kier alpha value is 1.21. The number of likely N-dealkylation sites (tertiary alicyclic amines) is 1. The summed E-state index contributed by atoms with van der Waals surface area (Å²) in [6.45, 7) is 2.52. The number of halogens is 1. The Balaban J connectivity index is -0.000000213. The summed E-state index contributed by atoms with van der Waals surface area (Å²) in [6, 6.07) is 0. The molecule has 0 radical (unpaired) electrons. The summed E-state index contributed by atoms with van der Waals surface area (Å²) in [4.78, 5) is 3.16. The van der Waals surface area contributed by atoms with E-state index in [2.05, 4.69) is 27.9 Å². The van der Waals surface area contributed by atoms with Crippen molar-refractivity contribution in [2.75, 3.05) is 20.1 Å². The van der Waals surface area contributed by atoms with Gasteiger partial charge in [0.2, 0.25) is 0 Å². The SMILES string of the molecule is CN1CCC(Br)CC1.[H-].[H-].[Mg+2]. The average molecular weight is 204 g/mol. The summed E-state index contributed by atoms with van der Waals surface area (Å²) in [5, 5.41) is 0. The first kappa shape index (κ1) is 10.2. The molecule has 0 aromatic carbocycles. The van der Waals surface area contributed by atoms with Gasteiger partial charge >= 0.3 is 23.1 Å². The van der Waals surface area contributed by atoms with Crippen LogP contribution in [0.5, 0.6) is 0 Å². The maximum Gasteiger partial charge on any atom is 2.00 e. The van der Waals surface area contributed by atoms with Gasteiger partial charge in [0, 0.05) is 4.83 Å². The van der Waals surface area contributed by atoms with Gasteiger partial charge in [-0.15, -0.1) is 0 Å². The van der Waals surface area contributed by atoms with Crippen molar-refractivity contribution in [2.24, 2.45) is 0 Å². The number of rotatable bonds is 0. The van der Waals surface area contributed by atoms with E-state index in [1.807, 2.05) is 0 Å². The first-order valence-electron chi connectivity index (χ1n) is 3.11. The first-order valence-corrected chi connectivity index (χ1v) is 4.03. The average Bonchev–Trinajstić information content (AvgIpc) is 1.77. The van der Waals surface area contributed by atoms with Gasteiger partial charge in [-0.2, -0.15) is 0 Å². The van der Waals surface area contributed by atoms with Crippen molar-refractivity contribution in [3.8, 4) is 0 Å². The molecule has 0 amide bonds. The van der Waals surface area contributed by atoms with Crippen LogP contribution in [0.15, 0.2) is 0 Å². The Kier molecular flexibility index (Phi) is 5.60. The zero-order valence-electron chi connectivity index (χ0n) is 7.94. The number of alkyl halides is 1. The monoisotopic (exact) mass is 203 g/mol. The van der Waals surface area contributed by atoms with Crippen molar-refractivity contribution in [1.29, 1.82) is 0 Å². The summed E-state index contributed by atoms with van der Waals surface area (Å²) >= 11 is 3.59. The molecule has 1 nitrogen and oxygen atoms in total. The first-order chi connectivity index (χ1) is 3.79. The van der Waals surface area contributed by atoms with E-state index in [-0.39, 0.29) is 25.9 Å². The van der Waals surface area contributed by atoms with E-state index < -0.39 is 0 Å². The summed E-state index contributed by atoms with van der Waals surface area (Å²) in [5.74, 6) is 0. The zero-order chi connectivity index (χ0) is 5.98. The van der Waals surface area contributed by atoms with E-state index in [9.17, 15) is 0 Å². The van der Waals surface area contributed by atoms with Crippen molar-refractivity contribution >= 4 is 39.0 Å². The van der Waals surface area contributed by atoms with E-state index >= 15 is 0 Å². The number of nitrogens with zero attached hydrogens (tertiary/aromatic N) is 1. The van der Waals surface area contributed by atoms with E-state index in [1.54, 1.807) is 0 Å². The van der Waals surface area contributed by atoms with Crippen molar-refractivity contribution in [2.45, 2.75) is 17.7 Å². The van der Waals surface area contributed by atoms with Crippen molar-refractivity contribution in [3.63, 3.8) is 0 Å². The van der Waals surface area contributed by atoms with Crippen LogP contribution in [0.25, 0.3) is 0 Å². The van der Waals surface area contributed by atoms with E-state index in [1.165, 1.54) is 25.9 Å².